The smallest absolute Gasteiger partial charge is 0.248 e. The molecule has 3 heterocycles. The lowest BCUT2D eigenvalue weighted by Crippen LogP contribution is -2.31. The van der Waals surface area contributed by atoms with Gasteiger partial charge < -0.3 is 11.1 Å². The lowest BCUT2D eigenvalue weighted by atomic mass is 10.0. The Kier molecular flexibility index (Phi) is 4.94. The van der Waals surface area contributed by atoms with Crippen molar-refractivity contribution in [2.24, 2.45) is 5.73 Å². The van der Waals surface area contributed by atoms with E-state index in [0.717, 1.165) is 15.5 Å². The van der Waals surface area contributed by atoms with Gasteiger partial charge in [-0.05, 0) is 30.0 Å². The summed E-state index contributed by atoms with van der Waals surface area (Å²) in [6.45, 7) is 1.83. The van der Waals surface area contributed by atoms with Gasteiger partial charge in [0.05, 0.1) is 5.57 Å². The van der Waals surface area contributed by atoms with Gasteiger partial charge in [-0.15, -0.1) is 16.4 Å². The molecule has 1 unspecified atom stereocenters. The molecule has 0 saturated carbocycles. The molecule has 138 valence electrons. The van der Waals surface area contributed by atoms with Crippen LogP contribution >= 0.6 is 34.7 Å². The monoisotopic (exact) mass is 417 g/mol. The van der Waals surface area contributed by atoms with Crippen LogP contribution in [0.4, 0.5) is 5.95 Å². The third-order valence-corrected chi connectivity index (χ3v) is 6.41. The average molecular weight is 418 g/mol. The normalized spacial score (nSPS) is 16.1. The van der Waals surface area contributed by atoms with Crippen molar-refractivity contribution in [3.63, 3.8) is 0 Å². The number of primary amides is 1. The van der Waals surface area contributed by atoms with Crippen LogP contribution in [0.25, 0.3) is 0 Å². The van der Waals surface area contributed by atoms with Crippen LogP contribution in [0.2, 0.25) is 5.02 Å². The molecule has 9 heteroatoms. The second-order valence-electron chi connectivity index (χ2n) is 5.99. The van der Waals surface area contributed by atoms with Gasteiger partial charge in [0.15, 0.2) is 0 Å². The Labute approximate surface area is 169 Å². The fourth-order valence-corrected chi connectivity index (χ4v) is 4.91. The van der Waals surface area contributed by atoms with Gasteiger partial charge in [-0.2, -0.15) is 4.98 Å². The molecular formula is C18H16ClN5OS2. The van der Waals surface area contributed by atoms with E-state index < -0.39 is 5.91 Å². The summed E-state index contributed by atoms with van der Waals surface area (Å²) >= 11 is 9.27. The Bertz CT molecular complexity index is 1030. The van der Waals surface area contributed by atoms with E-state index in [1.54, 1.807) is 16.0 Å². The quantitative estimate of drug-likeness (QED) is 0.611. The number of nitrogens with two attached hydrogens (primary N) is 1. The largest absolute Gasteiger partial charge is 0.366 e. The van der Waals surface area contributed by atoms with Gasteiger partial charge in [0.2, 0.25) is 17.0 Å². The highest BCUT2D eigenvalue weighted by Gasteiger charge is 2.33. The molecule has 0 saturated heterocycles. The number of carbonyl (C=O) groups is 1. The minimum absolute atomic E-state index is 0.374. The van der Waals surface area contributed by atoms with Gasteiger partial charge in [0.25, 0.3) is 0 Å². The highest BCUT2D eigenvalue weighted by molar-refractivity contribution is 7.98. The van der Waals surface area contributed by atoms with Gasteiger partial charge in [-0.3, -0.25) is 4.79 Å². The number of fused-ring (bicyclic) bond motifs is 1. The maximum atomic E-state index is 12.1. The number of amides is 1. The predicted octanol–water partition coefficient (Wildman–Crippen LogP) is 4.06. The van der Waals surface area contributed by atoms with Crippen LogP contribution in [0.3, 0.4) is 0 Å². The van der Waals surface area contributed by atoms with E-state index in [4.69, 9.17) is 17.3 Å². The lowest BCUT2D eigenvalue weighted by molar-refractivity contribution is -0.115. The maximum absolute atomic E-state index is 12.1. The van der Waals surface area contributed by atoms with Crippen molar-refractivity contribution in [2.45, 2.75) is 23.9 Å². The zero-order chi connectivity index (χ0) is 19.0. The first-order chi connectivity index (χ1) is 13.0. The molecule has 6 nitrogen and oxygen atoms in total. The summed E-state index contributed by atoms with van der Waals surface area (Å²) < 4.78 is 1.73. The first kappa shape index (κ1) is 18.1. The molecule has 27 heavy (non-hydrogen) atoms. The van der Waals surface area contributed by atoms with E-state index in [9.17, 15) is 4.79 Å². The van der Waals surface area contributed by atoms with Crippen LogP contribution in [0.5, 0.6) is 0 Å². The minimum atomic E-state index is -0.468. The van der Waals surface area contributed by atoms with Crippen molar-refractivity contribution in [1.29, 1.82) is 0 Å². The molecule has 0 aliphatic carbocycles. The number of anilines is 1. The SMILES string of the molecule is CC1=C(C(N)=O)C(c2cccs2)n2nc(SCc3ccccc3Cl)nc2N1. The Hall–Kier alpha value is -2.29. The van der Waals surface area contributed by atoms with Crippen LogP contribution in [-0.4, -0.2) is 20.7 Å². The van der Waals surface area contributed by atoms with E-state index in [0.29, 0.717) is 28.1 Å². The highest BCUT2D eigenvalue weighted by atomic mass is 35.5. The number of nitrogens with zero attached hydrogens (tertiary/aromatic N) is 3. The number of benzene rings is 1. The number of thiophene rings is 1. The van der Waals surface area contributed by atoms with Gasteiger partial charge in [0.1, 0.15) is 6.04 Å². The molecule has 3 N–H and O–H groups in total. The molecule has 1 aliphatic heterocycles. The lowest BCUT2D eigenvalue weighted by Gasteiger charge is -2.26. The standard InChI is InChI=1S/C18H16ClN5OS2/c1-10-14(16(20)25)15(13-7-4-8-26-13)24-17(21-10)22-18(23-24)27-9-11-5-2-3-6-12(11)19/h2-8,15H,9H2,1H3,(H2,20,25)(H,21,22,23). The van der Waals surface area contributed by atoms with E-state index in [2.05, 4.69) is 15.4 Å². The number of halogens is 1. The summed E-state index contributed by atoms with van der Waals surface area (Å²) in [6.07, 6.45) is 0. The van der Waals surface area contributed by atoms with Crippen LogP contribution in [-0.2, 0) is 10.5 Å². The number of allylic oxidation sites excluding steroid dienone is 1. The molecule has 4 rings (SSSR count). The molecule has 0 radical (unpaired) electrons. The van der Waals surface area contributed by atoms with E-state index in [1.807, 2.05) is 48.7 Å². The Balaban J connectivity index is 1.67. The second kappa shape index (κ2) is 7.38. The third kappa shape index (κ3) is 3.47. The first-order valence-electron chi connectivity index (χ1n) is 8.18. The summed E-state index contributed by atoms with van der Waals surface area (Å²) in [6, 6.07) is 11.2. The van der Waals surface area contributed by atoms with E-state index in [-0.39, 0.29) is 6.04 Å². The highest BCUT2D eigenvalue weighted by Crippen LogP contribution is 2.38. The van der Waals surface area contributed by atoms with Gasteiger partial charge in [-0.1, -0.05) is 47.6 Å². The summed E-state index contributed by atoms with van der Waals surface area (Å²) in [5.41, 5.74) is 7.87. The minimum Gasteiger partial charge on any atom is -0.366 e. The molecule has 1 atom stereocenters. The number of aromatic nitrogens is 3. The number of hydrogen-bond donors (Lipinski definition) is 2. The van der Waals surface area contributed by atoms with Crippen molar-refractivity contribution in [2.75, 3.05) is 5.32 Å². The fourth-order valence-electron chi connectivity index (χ4n) is 2.98. The summed E-state index contributed by atoms with van der Waals surface area (Å²) in [5, 5.41) is 11.1. The number of nitrogens with one attached hydrogen (secondary N) is 1. The van der Waals surface area contributed by atoms with E-state index >= 15 is 0 Å². The zero-order valence-electron chi connectivity index (χ0n) is 14.3. The van der Waals surface area contributed by atoms with Crippen molar-refractivity contribution in [1.82, 2.24) is 14.8 Å². The molecular weight excluding hydrogens is 402 g/mol. The predicted molar refractivity (Wildman–Crippen MR) is 109 cm³/mol. The molecule has 3 aromatic rings. The third-order valence-electron chi connectivity index (χ3n) is 4.23. The molecule has 0 spiro atoms. The second-order valence-corrected chi connectivity index (χ2v) is 8.32. The van der Waals surface area contributed by atoms with Crippen molar-refractivity contribution in [3.8, 4) is 0 Å². The Morgan fingerprint density at radius 1 is 1.37 bits per heavy atom. The van der Waals surface area contributed by atoms with Gasteiger partial charge >= 0.3 is 0 Å². The van der Waals surface area contributed by atoms with E-state index in [1.165, 1.54) is 11.8 Å². The molecule has 0 bridgehead atoms. The molecule has 0 fully saturated rings. The first-order valence-corrected chi connectivity index (χ1v) is 10.4. The maximum Gasteiger partial charge on any atom is 0.248 e. The number of rotatable bonds is 5. The van der Waals surface area contributed by atoms with Crippen molar-refractivity contribution < 1.29 is 4.79 Å². The average Bonchev–Trinajstić information content (AvgIpc) is 3.29. The number of hydrogen-bond acceptors (Lipinski definition) is 6. The van der Waals surface area contributed by atoms with Crippen molar-refractivity contribution in [3.05, 3.63) is 68.5 Å². The summed E-state index contributed by atoms with van der Waals surface area (Å²) in [4.78, 5) is 17.6. The Morgan fingerprint density at radius 3 is 2.89 bits per heavy atom. The van der Waals surface area contributed by atoms with Crippen molar-refractivity contribution >= 4 is 46.6 Å². The van der Waals surface area contributed by atoms with Crippen LogP contribution in [0.1, 0.15) is 23.4 Å². The van der Waals surface area contributed by atoms with Crippen LogP contribution in [0, 0.1) is 0 Å². The fraction of sp³-hybridized carbons (Fsp3) is 0.167. The van der Waals surface area contributed by atoms with Crippen LogP contribution < -0.4 is 11.1 Å². The van der Waals surface area contributed by atoms with Gasteiger partial charge in [-0.25, -0.2) is 4.68 Å². The Morgan fingerprint density at radius 2 is 2.19 bits per heavy atom. The number of carbonyl (C=O) groups excluding carboxylic acids is 1. The van der Waals surface area contributed by atoms with Crippen LogP contribution in [0.15, 0.2) is 58.2 Å². The molecule has 2 aromatic heterocycles. The molecule has 1 amide bonds. The topological polar surface area (TPSA) is 85.8 Å². The summed E-state index contributed by atoms with van der Waals surface area (Å²) in [5.74, 6) is 0.782. The number of thioether (sulfide) groups is 1. The van der Waals surface area contributed by atoms with Gasteiger partial charge in [0, 0.05) is 21.3 Å². The summed E-state index contributed by atoms with van der Waals surface area (Å²) in [7, 11) is 0. The zero-order valence-corrected chi connectivity index (χ0v) is 16.7. The molecule has 1 aliphatic rings. The molecule has 1 aromatic carbocycles.